The van der Waals surface area contributed by atoms with Crippen molar-refractivity contribution in [1.82, 2.24) is 4.90 Å². The molecule has 0 aliphatic carbocycles. The van der Waals surface area contributed by atoms with Crippen molar-refractivity contribution in [1.29, 1.82) is 0 Å². The van der Waals surface area contributed by atoms with Crippen LogP contribution in [0.25, 0.3) is 5.70 Å². The van der Waals surface area contributed by atoms with Gasteiger partial charge in [-0.3, -0.25) is 0 Å². The third kappa shape index (κ3) is 3.51. The number of rotatable bonds is 6. The predicted octanol–water partition coefficient (Wildman–Crippen LogP) is 3.80. The van der Waals surface area contributed by atoms with Gasteiger partial charge in [-0.25, -0.2) is 13.2 Å². The number of nitrogens with zero attached hydrogens (tertiary/aromatic N) is 1. The van der Waals surface area contributed by atoms with E-state index < -0.39 is 18.8 Å². The summed E-state index contributed by atoms with van der Waals surface area (Å²) in [5.74, 6) is -0.349. The van der Waals surface area contributed by atoms with Gasteiger partial charge in [-0.2, -0.15) is 0 Å². The summed E-state index contributed by atoms with van der Waals surface area (Å²) in [4.78, 5) is 1.27. The molecule has 0 radical (unpaired) electrons. The monoisotopic (exact) mass is 311 g/mol. The minimum Gasteiger partial charge on any atom is -0.467 e. The lowest BCUT2D eigenvalue weighted by molar-refractivity contribution is 0.0505. The predicted molar refractivity (Wildman–Crippen MR) is 77.9 cm³/mol. The van der Waals surface area contributed by atoms with Crippen LogP contribution in [0.1, 0.15) is 5.56 Å². The van der Waals surface area contributed by atoms with E-state index in [1.165, 1.54) is 24.1 Å². The van der Waals surface area contributed by atoms with E-state index in [0.29, 0.717) is 5.70 Å². The molecule has 22 heavy (non-hydrogen) atoms. The van der Waals surface area contributed by atoms with E-state index in [-0.39, 0.29) is 23.8 Å². The molecule has 1 aliphatic rings. The number of hydrogen-bond acceptors (Lipinski definition) is 3. The maximum Gasteiger partial charge on any atom is 0.256 e. The Hall–Kier alpha value is -2.21. The van der Waals surface area contributed by atoms with Crippen molar-refractivity contribution in [2.45, 2.75) is 6.43 Å². The van der Waals surface area contributed by atoms with Gasteiger partial charge >= 0.3 is 0 Å². The van der Waals surface area contributed by atoms with Crippen molar-refractivity contribution in [2.75, 3.05) is 20.4 Å². The van der Waals surface area contributed by atoms with Gasteiger partial charge in [0.1, 0.15) is 11.6 Å². The molecule has 6 heteroatoms. The second kappa shape index (κ2) is 7.17. The summed E-state index contributed by atoms with van der Waals surface area (Å²) in [6.07, 6.45) is 2.19. The third-order valence-corrected chi connectivity index (χ3v) is 3.06. The Morgan fingerprint density at radius 1 is 1.32 bits per heavy atom. The molecule has 2 rings (SSSR count). The fourth-order valence-electron chi connectivity index (χ4n) is 2.15. The van der Waals surface area contributed by atoms with Crippen LogP contribution in [-0.4, -0.2) is 31.8 Å². The lowest BCUT2D eigenvalue weighted by atomic mass is 10.0. The smallest absolute Gasteiger partial charge is 0.256 e. The standard InChI is InChI=1S/C16H16F3NO2/c1-11-5-3-7-13(20(11)9-15(18)19)16-12(17)6-4-8-14(16)22-10-21-2/h3-8,15H,1,9-10H2,2H3. The lowest BCUT2D eigenvalue weighted by Gasteiger charge is -2.30. The number of hydrogen-bond donors (Lipinski definition) is 0. The fraction of sp³-hybridized carbons (Fsp3) is 0.250. The zero-order valence-corrected chi connectivity index (χ0v) is 12.1. The molecule has 0 spiro atoms. The molecule has 0 bridgehead atoms. The van der Waals surface area contributed by atoms with Gasteiger partial charge in [-0.1, -0.05) is 18.7 Å². The molecule has 0 unspecified atom stereocenters. The lowest BCUT2D eigenvalue weighted by Crippen LogP contribution is -2.28. The summed E-state index contributed by atoms with van der Waals surface area (Å²) in [6, 6.07) is 4.28. The van der Waals surface area contributed by atoms with Crippen LogP contribution in [-0.2, 0) is 4.74 Å². The highest BCUT2D eigenvalue weighted by Crippen LogP contribution is 2.35. The molecule has 0 saturated heterocycles. The van der Waals surface area contributed by atoms with Crippen LogP contribution >= 0.6 is 0 Å². The molecular formula is C16H16F3NO2. The van der Waals surface area contributed by atoms with Crippen LogP contribution in [0.4, 0.5) is 13.2 Å². The molecule has 1 aromatic rings. The zero-order chi connectivity index (χ0) is 16.1. The SMILES string of the molecule is C=C1C=CC=C(c2c(F)cccc2OCOC)N1CC(F)F. The normalized spacial score (nSPS) is 14.5. The summed E-state index contributed by atoms with van der Waals surface area (Å²) < 4.78 is 50.0. The van der Waals surface area contributed by atoms with Gasteiger partial charge in [0.2, 0.25) is 0 Å². The van der Waals surface area contributed by atoms with Crippen LogP contribution in [0.15, 0.2) is 48.7 Å². The molecule has 1 heterocycles. The average molecular weight is 311 g/mol. The maximum atomic E-state index is 14.3. The zero-order valence-electron chi connectivity index (χ0n) is 12.1. The molecule has 0 amide bonds. The number of ether oxygens (including phenoxy) is 2. The number of halogens is 3. The van der Waals surface area contributed by atoms with Gasteiger partial charge in [-0.05, 0) is 24.3 Å². The van der Waals surface area contributed by atoms with Crippen molar-refractivity contribution >= 4 is 5.70 Å². The van der Waals surface area contributed by atoms with E-state index >= 15 is 0 Å². The van der Waals surface area contributed by atoms with Crippen LogP contribution in [0.2, 0.25) is 0 Å². The van der Waals surface area contributed by atoms with Crippen LogP contribution in [0.3, 0.4) is 0 Å². The Morgan fingerprint density at radius 2 is 2.09 bits per heavy atom. The number of methoxy groups -OCH3 is 1. The van der Waals surface area contributed by atoms with Gasteiger partial charge in [0.25, 0.3) is 6.43 Å². The first kappa shape index (κ1) is 16.2. The minimum absolute atomic E-state index is 0.0740. The summed E-state index contributed by atoms with van der Waals surface area (Å²) in [5, 5.41) is 0. The topological polar surface area (TPSA) is 21.7 Å². The summed E-state index contributed by atoms with van der Waals surface area (Å²) in [6.45, 7) is 3.07. The van der Waals surface area contributed by atoms with E-state index in [9.17, 15) is 13.2 Å². The average Bonchev–Trinajstić information content (AvgIpc) is 2.47. The molecule has 3 nitrogen and oxygen atoms in total. The molecule has 1 aromatic carbocycles. The van der Waals surface area contributed by atoms with Gasteiger partial charge in [0.15, 0.2) is 6.79 Å². The first-order chi connectivity index (χ1) is 10.5. The number of allylic oxidation sites excluding steroid dienone is 3. The highest BCUT2D eigenvalue weighted by Gasteiger charge is 2.24. The minimum atomic E-state index is -2.58. The van der Waals surface area contributed by atoms with Crippen molar-refractivity contribution in [3.8, 4) is 5.75 Å². The van der Waals surface area contributed by atoms with Crippen molar-refractivity contribution in [2.24, 2.45) is 0 Å². The molecule has 0 aromatic heterocycles. The Labute approximate surface area is 126 Å². The maximum absolute atomic E-state index is 14.3. The second-order valence-electron chi connectivity index (χ2n) is 4.57. The summed E-state index contributed by atoms with van der Waals surface area (Å²) in [7, 11) is 1.44. The van der Waals surface area contributed by atoms with Crippen LogP contribution < -0.4 is 4.74 Å². The Kier molecular flexibility index (Phi) is 5.27. The highest BCUT2D eigenvalue weighted by atomic mass is 19.3. The Bertz CT molecular complexity index is 611. The largest absolute Gasteiger partial charge is 0.467 e. The Balaban J connectivity index is 2.45. The number of alkyl halides is 2. The highest BCUT2D eigenvalue weighted by molar-refractivity contribution is 5.74. The van der Waals surface area contributed by atoms with Crippen molar-refractivity contribution in [3.05, 3.63) is 60.1 Å². The quantitative estimate of drug-likeness (QED) is 0.746. The van der Waals surface area contributed by atoms with Crippen molar-refractivity contribution < 1.29 is 22.6 Å². The second-order valence-corrected chi connectivity index (χ2v) is 4.57. The first-order valence-corrected chi connectivity index (χ1v) is 6.58. The fourth-order valence-corrected chi connectivity index (χ4v) is 2.15. The van der Waals surface area contributed by atoms with E-state index in [0.717, 1.165) is 0 Å². The Morgan fingerprint density at radius 3 is 2.77 bits per heavy atom. The van der Waals surface area contributed by atoms with Gasteiger partial charge < -0.3 is 14.4 Å². The van der Waals surface area contributed by atoms with Crippen LogP contribution in [0.5, 0.6) is 5.75 Å². The molecular weight excluding hydrogens is 295 g/mol. The molecule has 1 aliphatic heterocycles. The molecule has 0 atom stereocenters. The van der Waals surface area contributed by atoms with Gasteiger partial charge in [-0.15, -0.1) is 0 Å². The summed E-state index contributed by atoms with van der Waals surface area (Å²) >= 11 is 0. The molecule has 118 valence electrons. The van der Waals surface area contributed by atoms with E-state index in [4.69, 9.17) is 9.47 Å². The van der Waals surface area contributed by atoms with Crippen LogP contribution in [0, 0.1) is 5.82 Å². The van der Waals surface area contributed by atoms with E-state index in [1.54, 1.807) is 24.3 Å². The van der Waals surface area contributed by atoms with Gasteiger partial charge in [0.05, 0.1) is 17.8 Å². The molecule has 0 fully saturated rings. The van der Waals surface area contributed by atoms with E-state index in [2.05, 4.69) is 6.58 Å². The molecule has 0 N–H and O–H groups in total. The number of benzene rings is 1. The molecule has 0 saturated carbocycles. The van der Waals surface area contributed by atoms with Crippen molar-refractivity contribution in [3.63, 3.8) is 0 Å². The van der Waals surface area contributed by atoms with Gasteiger partial charge in [0, 0.05) is 12.8 Å². The third-order valence-electron chi connectivity index (χ3n) is 3.06. The summed E-state index contributed by atoms with van der Waals surface area (Å²) in [5.41, 5.74) is 0.737. The van der Waals surface area contributed by atoms with E-state index in [1.807, 2.05) is 0 Å². The first-order valence-electron chi connectivity index (χ1n) is 6.58.